The highest BCUT2D eigenvalue weighted by Gasteiger charge is 2.24. The molecule has 4 rings (SSSR count). The van der Waals surface area contributed by atoms with Crippen LogP contribution in [0.5, 0.6) is 0 Å². The summed E-state index contributed by atoms with van der Waals surface area (Å²) in [7, 11) is 1.85. The first-order chi connectivity index (χ1) is 14.2. The van der Waals surface area contributed by atoms with Crippen molar-refractivity contribution in [2.24, 2.45) is 7.05 Å². The number of likely N-dealkylation sites (tertiary alicyclic amines) is 1. The topological polar surface area (TPSA) is 88.8 Å². The molecule has 0 radical (unpaired) electrons. The van der Waals surface area contributed by atoms with Gasteiger partial charge in [0.15, 0.2) is 0 Å². The van der Waals surface area contributed by atoms with Crippen molar-refractivity contribution >= 4 is 23.6 Å². The number of carbonyl (C=O) groups is 1. The van der Waals surface area contributed by atoms with Gasteiger partial charge in [-0.25, -0.2) is 9.97 Å². The van der Waals surface area contributed by atoms with E-state index in [1.54, 1.807) is 41.6 Å². The lowest BCUT2D eigenvalue weighted by molar-refractivity contribution is -0.127. The Labute approximate surface area is 169 Å². The molecule has 0 unspecified atom stereocenters. The number of aromatic nitrogens is 5. The molecule has 0 aromatic carbocycles. The lowest BCUT2D eigenvalue weighted by Gasteiger charge is -2.31. The average molecular weight is 389 g/mol. The standard InChI is InChI=1S/C21H23N7O/c1-27-14-16(11-25-27)7-8-21(29)28-10-4-5-17(15-28)18-12-24-20(13-23-18)26-19-6-2-3-9-22-19/h2-3,6-9,11-14,17H,4-5,10,15H2,1H3,(H,22,24,26)/b8-7+/t17-/m1/s1. The van der Waals surface area contributed by atoms with E-state index in [-0.39, 0.29) is 11.8 Å². The minimum absolute atomic E-state index is 0.0138. The van der Waals surface area contributed by atoms with Crippen LogP contribution in [0.15, 0.2) is 55.3 Å². The van der Waals surface area contributed by atoms with Gasteiger partial charge in [-0.05, 0) is 31.1 Å². The van der Waals surface area contributed by atoms with Gasteiger partial charge in [0.1, 0.15) is 11.6 Å². The normalized spacial score (nSPS) is 16.9. The van der Waals surface area contributed by atoms with Gasteiger partial charge in [-0.3, -0.25) is 14.5 Å². The van der Waals surface area contributed by atoms with Gasteiger partial charge in [-0.15, -0.1) is 0 Å². The predicted molar refractivity (Wildman–Crippen MR) is 110 cm³/mol. The highest BCUT2D eigenvalue weighted by atomic mass is 16.2. The average Bonchev–Trinajstić information content (AvgIpc) is 3.18. The summed E-state index contributed by atoms with van der Waals surface area (Å²) in [6.07, 6.45) is 14.2. The van der Waals surface area contributed by atoms with Crippen LogP contribution in [0.2, 0.25) is 0 Å². The molecule has 1 aliphatic heterocycles. The predicted octanol–water partition coefficient (Wildman–Crippen LogP) is 2.77. The Morgan fingerprint density at radius 1 is 1.17 bits per heavy atom. The van der Waals surface area contributed by atoms with E-state index in [1.807, 2.05) is 36.3 Å². The highest BCUT2D eigenvalue weighted by molar-refractivity contribution is 5.91. The molecular formula is C21H23N7O. The van der Waals surface area contributed by atoms with E-state index >= 15 is 0 Å². The number of carbonyl (C=O) groups excluding carboxylic acids is 1. The van der Waals surface area contributed by atoms with Crippen molar-refractivity contribution in [2.45, 2.75) is 18.8 Å². The molecule has 1 atom stereocenters. The van der Waals surface area contributed by atoms with E-state index in [0.29, 0.717) is 12.4 Å². The van der Waals surface area contributed by atoms with Crippen LogP contribution in [0.4, 0.5) is 11.6 Å². The van der Waals surface area contributed by atoms with Crippen molar-refractivity contribution in [3.8, 4) is 0 Å². The van der Waals surface area contributed by atoms with Gasteiger partial charge in [-0.2, -0.15) is 5.10 Å². The van der Waals surface area contributed by atoms with Crippen LogP contribution in [-0.2, 0) is 11.8 Å². The van der Waals surface area contributed by atoms with Gasteiger partial charge in [-0.1, -0.05) is 6.07 Å². The number of anilines is 2. The third-order valence-corrected chi connectivity index (χ3v) is 4.89. The first-order valence-electron chi connectivity index (χ1n) is 9.63. The molecule has 29 heavy (non-hydrogen) atoms. The fraction of sp³-hybridized carbons (Fsp3) is 0.286. The summed E-state index contributed by atoms with van der Waals surface area (Å²) in [4.78, 5) is 27.7. The van der Waals surface area contributed by atoms with E-state index in [0.717, 1.165) is 36.5 Å². The number of nitrogens with zero attached hydrogens (tertiary/aromatic N) is 6. The molecular weight excluding hydrogens is 366 g/mol. The van der Waals surface area contributed by atoms with Crippen molar-refractivity contribution < 1.29 is 4.79 Å². The quantitative estimate of drug-likeness (QED) is 0.675. The van der Waals surface area contributed by atoms with Crippen LogP contribution < -0.4 is 5.32 Å². The summed E-state index contributed by atoms with van der Waals surface area (Å²) >= 11 is 0. The summed E-state index contributed by atoms with van der Waals surface area (Å²) in [5, 5.41) is 7.24. The van der Waals surface area contributed by atoms with Crippen LogP contribution in [-0.4, -0.2) is 48.6 Å². The Morgan fingerprint density at radius 3 is 2.83 bits per heavy atom. The Balaban J connectivity index is 1.37. The molecule has 3 aromatic rings. The Kier molecular flexibility index (Phi) is 5.60. The molecule has 3 aromatic heterocycles. The van der Waals surface area contributed by atoms with Gasteiger partial charge in [0.25, 0.3) is 0 Å². The zero-order valence-electron chi connectivity index (χ0n) is 16.3. The second kappa shape index (κ2) is 8.64. The van der Waals surface area contributed by atoms with Crippen molar-refractivity contribution in [2.75, 3.05) is 18.4 Å². The molecule has 8 heteroatoms. The minimum Gasteiger partial charge on any atom is -0.338 e. The first kappa shape index (κ1) is 18.8. The number of piperidine rings is 1. The molecule has 1 saturated heterocycles. The molecule has 1 fully saturated rings. The van der Waals surface area contributed by atoms with E-state index in [4.69, 9.17) is 0 Å². The van der Waals surface area contributed by atoms with Gasteiger partial charge in [0, 0.05) is 50.1 Å². The zero-order valence-corrected chi connectivity index (χ0v) is 16.3. The van der Waals surface area contributed by atoms with Crippen molar-refractivity contribution in [1.82, 2.24) is 29.6 Å². The molecule has 8 nitrogen and oxygen atoms in total. The second-order valence-corrected chi connectivity index (χ2v) is 7.07. The smallest absolute Gasteiger partial charge is 0.246 e. The zero-order chi connectivity index (χ0) is 20.1. The highest BCUT2D eigenvalue weighted by Crippen LogP contribution is 2.26. The van der Waals surface area contributed by atoms with E-state index in [9.17, 15) is 4.79 Å². The molecule has 1 N–H and O–H groups in total. The first-order valence-corrected chi connectivity index (χ1v) is 9.63. The van der Waals surface area contributed by atoms with Gasteiger partial charge < -0.3 is 10.2 Å². The van der Waals surface area contributed by atoms with Crippen LogP contribution in [0.3, 0.4) is 0 Å². The Morgan fingerprint density at radius 2 is 2.10 bits per heavy atom. The molecule has 4 heterocycles. The Hall–Kier alpha value is -3.55. The lowest BCUT2D eigenvalue weighted by Crippen LogP contribution is -2.38. The third-order valence-electron chi connectivity index (χ3n) is 4.89. The van der Waals surface area contributed by atoms with Crippen LogP contribution in [0.25, 0.3) is 6.08 Å². The Bertz CT molecular complexity index is 982. The van der Waals surface area contributed by atoms with Crippen LogP contribution in [0.1, 0.15) is 30.0 Å². The number of hydrogen-bond acceptors (Lipinski definition) is 6. The molecule has 0 spiro atoms. The van der Waals surface area contributed by atoms with Crippen molar-refractivity contribution in [1.29, 1.82) is 0 Å². The summed E-state index contributed by atoms with van der Waals surface area (Å²) in [5.74, 6) is 1.58. The molecule has 1 amide bonds. The SMILES string of the molecule is Cn1cc(/C=C/C(=O)N2CCC[C@@H](c3cnc(Nc4ccccn4)cn3)C2)cn1. The van der Waals surface area contributed by atoms with Crippen molar-refractivity contribution in [3.05, 3.63) is 66.5 Å². The summed E-state index contributed by atoms with van der Waals surface area (Å²) in [6.45, 7) is 1.41. The van der Waals surface area contributed by atoms with Crippen LogP contribution in [0, 0.1) is 0 Å². The maximum absolute atomic E-state index is 12.6. The van der Waals surface area contributed by atoms with Gasteiger partial charge >= 0.3 is 0 Å². The van der Waals surface area contributed by atoms with E-state index in [1.165, 1.54) is 0 Å². The minimum atomic E-state index is 0.0138. The number of nitrogens with one attached hydrogen (secondary N) is 1. The van der Waals surface area contributed by atoms with Gasteiger partial charge in [0.2, 0.25) is 5.91 Å². The van der Waals surface area contributed by atoms with Crippen molar-refractivity contribution in [3.63, 3.8) is 0 Å². The molecule has 0 saturated carbocycles. The number of rotatable bonds is 5. The lowest BCUT2D eigenvalue weighted by atomic mass is 9.95. The monoisotopic (exact) mass is 389 g/mol. The summed E-state index contributed by atoms with van der Waals surface area (Å²) < 4.78 is 1.71. The summed E-state index contributed by atoms with van der Waals surface area (Å²) in [6, 6.07) is 5.65. The molecule has 0 aliphatic carbocycles. The largest absolute Gasteiger partial charge is 0.338 e. The number of pyridine rings is 1. The number of hydrogen-bond donors (Lipinski definition) is 1. The number of amides is 1. The second-order valence-electron chi connectivity index (χ2n) is 7.07. The maximum atomic E-state index is 12.6. The molecule has 148 valence electrons. The van der Waals surface area contributed by atoms with Crippen LogP contribution >= 0.6 is 0 Å². The fourth-order valence-electron chi connectivity index (χ4n) is 3.40. The van der Waals surface area contributed by atoms with Gasteiger partial charge in [0.05, 0.1) is 24.3 Å². The van der Waals surface area contributed by atoms with E-state index in [2.05, 4.69) is 25.4 Å². The fourth-order valence-corrected chi connectivity index (χ4v) is 3.40. The number of aryl methyl sites for hydroxylation is 1. The molecule has 0 bridgehead atoms. The maximum Gasteiger partial charge on any atom is 0.246 e. The summed E-state index contributed by atoms with van der Waals surface area (Å²) in [5.41, 5.74) is 1.82. The third kappa shape index (κ3) is 4.84. The molecule has 1 aliphatic rings. The van der Waals surface area contributed by atoms with E-state index < -0.39 is 0 Å².